The third-order valence-corrected chi connectivity index (χ3v) is 5.28. The van der Waals surface area contributed by atoms with Crippen molar-refractivity contribution in [2.24, 2.45) is 0 Å². The van der Waals surface area contributed by atoms with E-state index < -0.39 is 0 Å². The van der Waals surface area contributed by atoms with E-state index in [0.717, 1.165) is 25.2 Å². The summed E-state index contributed by atoms with van der Waals surface area (Å²) in [5, 5.41) is 12.5. The molecule has 0 saturated heterocycles. The van der Waals surface area contributed by atoms with E-state index in [9.17, 15) is 5.11 Å². The van der Waals surface area contributed by atoms with Crippen molar-refractivity contribution in [1.29, 1.82) is 0 Å². The van der Waals surface area contributed by atoms with Crippen molar-refractivity contribution in [3.63, 3.8) is 0 Å². The first kappa shape index (κ1) is 16.2. The van der Waals surface area contributed by atoms with Crippen LogP contribution >= 0.6 is 22.9 Å². The van der Waals surface area contributed by atoms with Gasteiger partial charge in [-0.05, 0) is 38.6 Å². The molecule has 0 radical (unpaired) electrons. The summed E-state index contributed by atoms with van der Waals surface area (Å²) in [6, 6.07) is 0.713. The lowest BCUT2D eigenvalue weighted by atomic mass is 10.1. The molecule has 5 heteroatoms. The summed E-state index contributed by atoms with van der Waals surface area (Å²) >= 11 is 7.48. The van der Waals surface area contributed by atoms with Gasteiger partial charge in [-0.2, -0.15) is 0 Å². The molecular weight excluding hydrogens is 292 g/mol. The minimum absolute atomic E-state index is 0.280. The van der Waals surface area contributed by atoms with Crippen molar-refractivity contribution < 1.29 is 5.11 Å². The standard InChI is InChI=1S/C15H25ClN2OS/c16-11-13-12-20-15(17-13)7-3-4-8-18(9-10-19)14-5-1-2-6-14/h12,14,19H,1-11H2. The molecular formula is C15H25ClN2OS. The van der Waals surface area contributed by atoms with Gasteiger partial charge < -0.3 is 5.11 Å². The monoisotopic (exact) mass is 316 g/mol. The van der Waals surface area contributed by atoms with E-state index in [1.54, 1.807) is 11.3 Å². The fourth-order valence-electron chi connectivity index (χ4n) is 2.99. The number of alkyl halides is 1. The van der Waals surface area contributed by atoms with Crippen molar-refractivity contribution in [3.05, 3.63) is 16.1 Å². The highest BCUT2D eigenvalue weighted by Crippen LogP contribution is 2.23. The van der Waals surface area contributed by atoms with Gasteiger partial charge in [0.05, 0.1) is 23.2 Å². The molecule has 1 aromatic heterocycles. The highest BCUT2D eigenvalue weighted by atomic mass is 35.5. The van der Waals surface area contributed by atoms with E-state index in [2.05, 4.69) is 15.3 Å². The Kier molecular flexibility index (Phi) is 7.28. The number of rotatable bonds is 9. The van der Waals surface area contributed by atoms with Gasteiger partial charge in [0, 0.05) is 18.0 Å². The Morgan fingerprint density at radius 1 is 1.30 bits per heavy atom. The van der Waals surface area contributed by atoms with Gasteiger partial charge in [0.25, 0.3) is 0 Å². The van der Waals surface area contributed by atoms with Crippen molar-refractivity contribution in [2.45, 2.75) is 56.9 Å². The minimum atomic E-state index is 0.280. The van der Waals surface area contributed by atoms with Crippen LogP contribution in [-0.2, 0) is 12.3 Å². The zero-order valence-corrected chi connectivity index (χ0v) is 13.6. The summed E-state index contributed by atoms with van der Waals surface area (Å²) in [5.41, 5.74) is 1.000. The lowest BCUT2D eigenvalue weighted by Crippen LogP contribution is -2.36. The molecule has 0 aromatic carbocycles. The molecule has 1 fully saturated rings. The summed E-state index contributed by atoms with van der Waals surface area (Å²) in [5.74, 6) is 0.516. The molecule has 0 atom stereocenters. The van der Waals surface area contributed by atoms with E-state index in [-0.39, 0.29) is 6.61 Å². The highest BCUT2D eigenvalue weighted by molar-refractivity contribution is 7.09. The molecule has 0 bridgehead atoms. The van der Waals surface area contributed by atoms with Crippen LogP contribution in [0.3, 0.4) is 0 Å². The lowest BCUT2D eigenvalue weighted by molar-refractivity contribution is 0.149. The maximum atomic E-state index is 9.20. The van der Waals surface area contributed by atoms with E-state index in [0.29, 0.717) is 11.9 Å². The Morgan fingerprint density at radius 3 is 2.75 bits per heavy atom. The van der Waals surface area contributed by atoms with Gasteiger partial charge in [-0.25, -0.2) is 4.98 Å². The number of aryl methyl sites for hydroxylation is 1. The maximum Gasteiger partial charge on any atom is 0.0928 e. The molecule has 2 rings (SSSR count). The quantitative estimate of drug-likeness (QED) is 0.560. The molecule has 0 spiro atoms. The topological polar surface area (TPSA) is 36.4 Å². The number of hydrogen-bond acceptors (Lipinski definition) is 4. The van der Waals surface area contributed by atoms with Crippen molar-refractivity contribution >= 4 is 22.9 Å². The molecule has 0 aliphatic heterocycles. The fraction of sp³-hybridized carbons (Fsp3) is 0.800. The first-order valence-electron chi connectivity index (χ1n) is 7.67. The molecule has 1 aromatic rings. The second kappa shape index (κ2) is 8.98. The molecule has 0 unspecified atom stereocenters. The predicted octanol–water partition coefficient (Wildman–Crippen LogP) is 3.44. The van der Waals surface area contributed by atoms with Gasteiger partial charge in [0.15, 0.2) is 0 Å². The van der Waals surface area contributed by atoms with Gasteiger partial charge in [-0.15, -0.1) is 22.9 Å². The van der Waals surface area contributed by atoms with Crippen LogP contribution in [0.1, 0.15) is 49.2 Å². The minimum Gasteiger partial charge on any atom is -0.395 e. The van der Waals surface area contributed by atoms with Crippen LogP contribution in [0.15, 0.2) is 5.38 Å². The van der Waals surface area contributed by atoms with Gasteiger partial charge in [-0.1, -0.05) is 12.8 Å². The Bertz CT molecular complexity index is 380. The SMILES string of the molecule is OCCN(CCCCc1nc(CCl)cs1)C1CCCC1. The molecule has 1 saturated carbocycles. The summed E-state index contributed by atoms with van der Waals surface area (Å²) in [6.45, 7) is 2.22. The molecule has 0 amide bonds. The van der Waals surface area contributed by atoms with E-state index in [1.807, 2.05) is 0 Å². The Balaban J connectivity index is 1.67. The first-order chi connectivity index (χ1) is 9.83. The zero-order valence-electron chi connectivity index (χ0n) is 12.1. The van der Waals surface area contributed by atoms with Crippen LogP contribution in [0, 0.1) is 0 Å². The number of hydrogen-bond donors (Lipinski definition) is 1. The number of thiazole rings is 1. The number of halogens is 1. The number of unbranched alkanes of at least 4 members (excludes halogenated alkanes) is 1. The van der Waals surface area contributed by atoms with E-state index >= 15 is 0 Å². The molecule has 1 aliphatic rings. The summed E-state index contributed by atoms with van der Waals surface area (Å²) in [6.07, 6.45) is 8.74. The third-order valence-electron chi connectivity index (χ3n) is 4.05. The van der Waals surface area contributed by atoms with Crippen molar-refractivity contribution in [1.82, 2.24) is 9.88 Å². The number of nitrogens with zero attached hydrogens (tertiary/aromatic N) is 2. The average Bonchev–Trinajstić information content (AvgIpc) is 3.13. The van der Waals surface area contributed by atoms with Crippen LogP contribution in [0.2, 0.25) is 0 Å². The molecule has 1 N–H and O–H groups in total. The Morgan fingerprint density at radius 2 is 2.10 bits per heavy atom. The van der Waals surface area contributed by atoms with Crippen molar-refractivity contribution in [3.8, 4) is 0 Å². The average molecular weight is 317 g/mol. The van der Waals surface area contributed by atoms with E-state index in [1.165, 1.54) is 43.5 Å². The largest absolute Gasteiger partial charge is 0.395 e. The lowest BCUT2D eigenvalue weighted by Gasteiger charge is -2.27. The van der Waals surface area contributed by atoms with Gasteiger partial charge >= 0.3 is 0 Å². The zero-order chi connectivity index (χ0) is 14.2. The first-order valence-corrected chi connectivity index (χ1v) is 9.09. The number of aromatic nitrogens is 1. The van der Waals surface area contributed by atoms with Gasteiger partial charge in [0.1, 0.15) is 0 Å². The second-order valence-electron chi connectivity index (χ2n) is 5.52. The van der Waals surface area contributed by atoms with Gasteiger partial charge in [0.2, 0.25) is 0 Å². The predicted molar refractivity (Wildman–Crippen MR) is 85.5 cm³/mol. The normalized spacial score (nSPS) is 16.4. The Hall–Kier alpha value is -0.160. The fourth-order valence-corrected chi connectivity index (χ4v) is 4.06. The van der Waals surface area contributed by atoms with Gasteiger partial charge in [-0.3, -0.25) is 4.90 Å². The van der Waals surface area contributed by atoms with Crippen LogP contribution in [-0.4, -0.2) is 40.7 Å². The number of aliphatic hydroxyl groups excluding tert-OH is 1. The molecule has 1 aliphatic carbocycles. The molecule has 1 heterocycles. The molecule has 3 nitrogen and oxygen atoms in total. The second-order valence-corrected chi connectivity index (χ2v) is 6.73. The summed E-state index contributed by atoms with van der Waals surface area (Å²) in [4.78, 5) is 6.98. The van der Waals surface area contributed by atoms with Crippen LogP contribution in [0.4, 0.5) is 0 Å². The van der Waals surface area contributed by atoms with E-state index in [4.69, 9.17) is 11.6 Å². The summed E-state index contributed by atoms with van der Waals surface area (Å²) in [7, 11) is 0. The summed E-state index contributed by atoms with van der Waals surface area (Å²) < 4.78 is 0. The van der Waals surface area contributed by atoms with Crippen molar-refractivity contribution in [2.75, 3.05) is 19.7 Å². The van der Waals surface area contributed by atoms with Crippen LogP contribution < -0.4 is 0 Å². The van der Waals surface area contributed by atoms with Crippen LogP contribution in [0.25, 0.3) is 0 Å². The third kappa shape index (κ3) is 4.99. The van der Waals surface area contributed by atoms with Crippen LogP contribution in [0.5, 0.6) is 0 Å². The molecule has 20 heavy (non-hydrogen) atoms. The molecule has 114 valence electrons. The highest BCUT2D eigenvalue weighted by Gasteiger charge is 2.21. The smallest absolute Gasteiger partial charge is 0.0928 e. The number of aliphatic hydroxyl groups is 1. The Labute approximate surface area is 131 Å². The maximum absolute atomic E-state index is 9.20.